The second-order valence-corrected chi connectivity index (χ2v) is 7.98. The fourth-order valence-corrected chi connectivity index (χ4v) is 4.71. The van der Waals surface area contributed by atoms with Crippen LogP contribution in [0.1, 0.15) is 17.0 Å². The fourth-order valence-electron chi connectivity index (χ4n) is 2.96. The van der Waals surface area contributed by atoms with Crippen LogP contribution in [0.5, 0.6) is 0 Å². The van der Waals surface area contributed by atoms with Crippen molar-refractivity contribution in [2.75, 3.05) is 0 Å². The van der Waals surface area contributed by atoms with Gasteiger partial charge in [-0.2, -0.15) is 18.4 Å². The molecule has 2 aromatic carbocycles. The van der Waals surface area contributed by atoms with Crippen molar-refractivity contribution < 1.29 is 26.3 Å². The molecule has 0 fully saturated rings. The predicted octanol–water partition coefficient (Wildman–Crippen LogP) is 4.25. The first-order valence-electron chi connectivity index (χ1n) is 7.90. The zero-order chi connectivity index (χ0) is 19.8. The highest BCUT2D eigenvalue weighted by Crippen LogP contribution is 2.48. The van der Waals surface area contributed by atoms with Gasteiger partial charge in [-0.1, -0.05) is 48.0 Å². The summed E-state index contributed by atoms with van der Waals surface area (Å²) in [7, 11) is -4.54. The van der Waals surface area contributed by atoms with Gasteiger partial charge in [0, 0.05) is 0 Å². The lowest BCUT2D eigenvalue weighted by molar-refractivity contribution is -0.130. The van der Waals surface area contributed by atoms with Crippen LogP contribution in [0, 0.1) is 18.3 Å². The van der Waals surface area contributed by atoms with E-state index in [0.29, 0.717) is 0 Å². The summed E-state index contributed by atoms with van der Waals surface area (Å²) in [5.41, 5.74) is 1.02. The molecule has 0 N–H and O–H groups in total. The fraction of sp³-hybridized carbons (Fsp3) is 0.211. The molecule has 140 valence electrons. The van der Waals surface area contributed by atoms with Crippen molar-refractivity contribution in [3.8, 4) is 6.07 Å². The number of hydrogen-bond acceptors (Lipinski definition) is 4. The van der Waals surface area contributed by atoms with Gasteiger partial charge in [-0.05, 0) is 24.6 Å². The van der Waals surface area contributed by atoms with Crippen LogP contribution in [0.4, 0.5) is 13.2 Å². The first-order valence-corrected chi connectivity index (χ1v) is 9.39. The molecule has 0 radical (unpaired) electrons. The van der Waals surface area contributed by atoms with Gasteiger partial charge in [0.15, 0.2) is 6.10 Å². The van der Waals surface area contributed by atoms with E-state index in [0.717, 1.165) is 5.56 Å². The topological polar surface area (TPSA) is 67.2 Å². The minimum absolute atomic E-state index is 0.258. The minimum atomic E-state index is -5.05. The summed E-state index contributed by atoms with van der Waals surface area (Å²) in [5, 5.41) is 9.31. The summed E-state index contributed by atoms with van der Waals surface area (Å²) >= 11 is 0. The first kappa shape index (κ1) is 19.0. The molecule has 0 bridgehead atoms. The SMILES string of the molecule is Cc1ccc(S(=O)(=O)C2=C(C(F)(F)F)O[C@H](C#N)[C@H]2c2ccccc2)cc1. The Bertz CT molecular complexity index is 1020. The number of benzene rings is 2. The van der Waals surface area contributed by atoms with Gasteiger partial charge in [0.2, 0.25) is 15.6 Å². The Morgan fingerprint density at radius 3 is 2.15 bits per heavy atom. The predicted molar refractivity (Wildman–Crippen MR) is 91.1 cm³/mol. The summed E-state index contributed by atoms with van der Waals surface area (Å²) in [6, 6.07) is 14.8. The number of halogens is 3. The molecule has 0 amide bonds. The number of alkyl halides is 3. The Morgan fingerprint density at radius 1 is 1.04 bits per heavy atom. The zero-order valence-corrected chi connectivity index (χ0v) is 14.9. The molecular weight excluding hydrogens is 379 g/mol. The molecule has 0 saturated heterocycles. The third kappa shape index (κ3) is 3.43. The van der Waals surface area contributed by atoms with Crippen molar-refractivity contribution in [3.63, 3.8) is 0 Å². The van der Waals surface area contributed by atoms with E-state index in [4.69, 9.17) is 4.74 Å². The van der Waals surface area contributed by atoms with E-state index >= 15 is 0 Å². The lowest BCUT2D eigenvalue weighted by atomic mass is 9.94. The second kappa shape index (κ2) is 6.74. The van der Waals surface area contributed by atoms with Crippen molar-refractivity contribution in [1.29, 1.82) is 5.26 Å². The van der Waals surface area contributed by atoms with Crippen LogP contribution in [0.3, 0.4) is 0 Å². The molecule has 0 unspecified atom stereocenters. The number of rotatable bonds is 3. The third-order valence-electron chi connectivity index (χ3n) is 4.22. The number of hydrogen-bond donors (Lipinski definition) is 0. The summed E-state index contributed by atoms with van der Waals surface area (Å²) in [4.78, 5) is -1.22. The number of nitriles is 1. The summed E-state index contributed by atoms with van der Waals surface area (Å²) in [6.45, 7) is 1.73. The van der Waals surface area contributed by atoms with Crippen LogP contribution in [0.15, 0.2) is 70.2 Å². The van der Waals surface area contributed by atoms with Gasteiger partial charge in [-0.25, -0.2) is 8.42 Å². The van der Waals surface area contributed by atoms with Gasteiger partial charge in [-0.15, -0.1) is 0 Å². The first-order chi connectivity index (χ1) is 12.7. The van der Waals surface area contributed by atoms with Gasteiger partial charge < -0.3 is 4.74 Å². The van der Waals surface area contributed by atoms with Crippen LogP contribution in [-0.2, 0) is 14.6 Å². The molecule has 1 aliphatic rings. The van der Waals surface area contributed by atoms with Crippen LogP contribution in [0.25, 0.3) is 0 Å². The molecule has 4 nitrogen and oxygen atoms in total. The Morgan fingerprint density at radius 2 is 1.63 bits per heavy atom. The highest BCUT2D eigenvalue weighted by Gasteiger charge is 2.53. The number of allylic oxidation sites excluding steroid dienone is 1. The monoisotopic (exact) mass is 393 g/mol. The third-order valence-corrected chi connectivity index (χ3v) is 6.13. The van der Waals surface area contributed by atoms with Gasteiger partial charge >= 0.3 is 6.18 Å². The molecule has 1 aliphatic heterocycles. The van der Waals surface area contributed by atoms with E-state index in [-0.39, 0.29) is 10.5 Å². The van der Waals surface area contributed by atoms with Crippen LogP contribution >= 0.6 is 0 Å². The Balaban J connectivity index is 2.28. The Hall–Kier alpha value is -2.79. The molecule has 0 aromatic heterocycles. The van der Waals surface area contributed by atoms with E-state index in [1.54, 1.807) is 31.2 Å². The molecule has 2 aromatic rings. The number of sulfone groups is 1. The van der Waals surface area contributed by atoms with Gasteiger partial charge in [-0.3, -0.25) is 0 Å². The highest BCUT2D eigenvalue weighted by molar-refractivity contribution is 7.95. The van der Waals surface area contributed by atoms with Gasteiger partial charge in [0.1, 0.15) is 11.0 Å². The van der Waals surface area contributed by atoms with Crippen molar-refractivity contribution in [1.82, 2.24) is 0 Å². The normalized spacial score (nSPS) is 20.3. The van der Waals surface area contributed by atoms with Crippen LogP contribution < -0.4 is 0 Å². The van der Waals surface area contributed by atoms with Crippen molar-refractivity contribution in [2.24, 2.45) is 0 Å². The van der Waals surface area contributed by atoms with Crippen molar-refractivity contribution >= 4 is 9.84 Å². The summed E-state index contributed by atoms with van der Waals surface area (Å²) in [5.74, 6) is -3.01. The molecule has 0 spiro atoms. The second-order valence-electron chi connectivity index (χ2n) is 6.06. The van der Waals surface area contributed by atoms with E-state index in [2.05, 4.69) is 0 Å². The molecule has 0 aliphatic carbocycles. The summed E-state index contributed by atoms with van der Waals surface area (Å²) in [6.07, 6.45) is -6.65. The summed E-state index contributed by atoms with van der Waals surface area (Å²) < 4.78 is 71.7. The minimum Gasteiger partial charge on any atom is -0.468 e. The maximum Gasteiger partial charge on any atom is 0.450 e. The molecule has 27 heavy (non-hydrogen) atoms. The molecular formula is C19H14F3NO3S. The lowest BCUT2D eigenvalue weighted by Crippen LogP contribution is -2.19. The van der Waals surface area contributed by atoms with Crippen LogP contribution in [0.2, 0.25) is 0 Å². The average molecular weight is 393 g/mol. The quantitative estimate of drug-likeness (QED) is 0.782. The van der Waals surface area contributed by atoms with E-state index < -0.39 is 38.7 Å². The maximum atomic E-state index is 13.6. The van der Waals surface area contributed by atoms with E-state index in [1.807, 2.05) is 0 Å². The molecule has 8 heteroatoms. The number of nitrogens with zero attached hydrogens (tertiary/aromatic N) is 1. The number of aryl methyl sites for hydroxylation is 1. The Labute approximate surface area is 154 Å². The van der Waals surface area contributed by atoms with Gasteiger partial charge in [0.25, 0.3) is 0 Å². The molecule has 2 atom stereocenters. The molecule has 1 heterocycles. The standard InChI is InChI=1S/C19H14F3NO3S/c1-12-7-9-14(10-8-12)27(24,25)17-16(13-5-3-2-4-6-13)15(11-23)26-18(17)19(20,21)22/h2-10,15-16H,1H3/t15-,16-/m1/s1. The van der Waals surface area contributed by atoms with E-state index in [1.165, 1.54) is 36.4 Å². The maximum absolute atomic E-state index is 13.6. The smallest absolute Gasteiger partial charge is 0.450 e. The van der Waals surface area contributed by atoms with Crippen molar-refractivity contribution in [2.45, 2.75) is 30.0 Å². The molecule has 3 rings (SSSR count). The highest BCUT2D eigenvalue weighted by atomic mass is 32.2. The zero-order valence-electron chi connectivity index (χ0n) is 14.1. The van der Waals surface area contributed by atoms with Gasteiger partial charge in [0.05, 0.1) is 10.8 Å². The lowest BCUT2D eigenvalue weighted by Gasteiger charge is -2.17. The molecule has 0 saturated carbocycles. The number of ether oxygens (including phenoxy) is 1. The average Bonchev–Trinajstić information content (AvgIpc) is 3.04. The van der Waals surface area contributed by atoms with Crippen molar-refractivity contribution in [3.05, 3.63) is 76.4 Å². The Kier molecular flexibility index (Phi) is 4.74. The van der Waals surface area contributed by atoms with Crippen LogP contribution in [-0.4, -0.2) is 20.7 Å². The largest absolute Gasteiger partial charge is 0.468 e. The van der Waals surface area contributed by atoms with E-state index in [9.17, 15) is 26.9 Å².